The lowest BCUT2D eigenvalue weighted by Gasteiger charge is -2.17. The van der Waals surface area contributed by atoms with E-state index < -0.39 is 8.27 Å². The van der Waals surface area contributed by atoms with Gasteiger partial charge in [-0.3, -0.25) is 0 Å². The molecule has 0 saturated heterocycles. The number of halogens is 1. The van der Waals surface area contributed by atoms with Gasteiger partial charge in [-0.15, -0.1) is 0 Å². The first-order valence-corrected chi connectivity index (χ1v) is 6.93. The summed E-state index contributed by atoms with van der Waals surface area (Å²) in [6.07, 6.45) is 5.01. The Kier molecular flexibility index (Phi) is 2.74. The zero-order chi connectivity index (χ0) is 7.61. The average molecular weight is 227 g/mol. The molecule has 0 atom stereocenters. The van der Waals surface area contributed by atoms with Gasteiger partial charge in [-0.05, 0) is 12.8 Å². The Hall–Kier alpha value is 0.430. The smallest absolute Gasteiger partial charge is 0.212 e. The molecule has 0 aromatic carbocycles. The van der Waals surface area contributed by atoms with Crippen LogP contribution < -0.4 is 0 Å². The number of rotatable bonds is 1. The fourth-order valence-corrected chi connectivity index (χ4v) is 3.36. The van der Waals surface area contributed by atoms with Gasteiger partial charge in [-0.1, -0.05) is 19.3 Å². The van der Waals surface area contributed by atoms with Crippen molar-refractivity contribution in [2.45, 2.75) is 37.4 Å². The molecule has 10 heavy (non-hydrogen) atoms. The molecule has 4 heteroatoms. The van der Waals surface area contributed by atoms with Crippen LogP contribution in [0, 0.1) is 0 Å². The molecule has 60 valence electrons. The van der Waals surface area contributed by atoms with Crippen LogP contribution in [0.2, 0.25) is 0 Å². The van der Waals surface area contributed by atoms with E-state index in [1.807, 2.05) is 0 Å². The molecular formula is C6H11BrO2S. The van der Waals surface area contributed by atoms with Gasteiger partial charge in [-0.2, -0.15) is 0 Å². The summed E-state index contributed by atoms with van der Waals surface area (Å²) in [5, 5.41) is -0.110. The maximum Gasteiger partial charge on any atom is 0.212 e. The van der Waals surface area contributed by atoms with E-state index in [1.54, 1.807) is 0 Å². The Morgan fingerprint density at radius 1 is 1.10 bits per heavy atom. The van der Waals surface area contributed by atoms with E-state index in [0.717, 1.165) is 25.7 Å². The van der Waals surface area contributed by atoms with Crippen molar-refractivity contribution >= 4 is 23.1 Å². The van der Waals surface area contributed by atoms with Crippen LogP contribution in [0.3, 0.4) is 0 Å². The summed E-state index contributed by atoms with van der Waals surface area (Å²) in [5.74, 6) is 0. The summed E-state index contributed by atoms with van der Waals surface area (Å²) < 4.78 is 21.8. The highest BCUT2D eigenvalue weighted by Crippen LogP contribution is 2.26. The summed E-state index contributed by atoms with van der Waals surface area (Å²) in [7, 11) is -2.91. The largest absolute Gasteiger partial charge is 0.217 e. The van der Waals surface area contributed by atoms with Gasteiger partial charge in [0.2, 0.25) is 8.27 Å². The predicted molar refractivity (Wildman–Crippen MR) is 44.7 cm³/mol. The summed E-state index contributed by atoms with van der Waals surface area (Å²) in [6.45, 7) is 0. The van der Waals surface area contributed by atoms with Crippen LogP contribution in [0.25, 0.3) is 0 Å². The quantitative estimate of drug-likeness (QED) is 0.642. The van der Waals surface area contributed by atoms with E-state index >= 15 is 0 Å². The van der Waals surface area contributed by atoms with Crippen LogP contribution in [0.1, 0.15) is 32.1 Å². The maximum absolute atomic E-state index is 10.9. The lowest BCUT2D eigenvalue weighted by Crippen LogP contribution is -2.18. The molecule has 1 aliphatic carbocycles. The molecule has 0 amide bonds. The number of hydrogen-bond donors (Lipinski definition) is 0. The van der Waals surface area contributed by atoms with Gasteiger partial charge >= 0.3 is 0 Å². The number of hydrogen-bond acceptors (Lipinski definition) is 2. The molecule has 2 nitrogen and oxygen atoms in total. The van der Waals surface area contributed by atoms with Crippen molar-refractivity contribution in [1.82, 2.24) is 0 Å². The highest BCUT2D eigenvalue weighted by atomic mass is 79.9. The van der Waals surface area contributed by atoms with Crippen LogP contribution in [0.15, 0.2) is 0 Å². The van der Waals surface area contributed by atoms with Crippen molar-refractivity contribution in [1.29, 1.82) is 0 Å². The Balaban J connectivity index is 2.56. The van der Waals surface area contributed by atoms with Gasteiger partial charge in [-0.25, -0.2) is 8.42 Å². The van der Waals surface area contributed by atoms with Gasteiger partial charge in [0.1, 0.15) is 0 Å². The highest BCUT2D eigenvalue weighted by Gasteiger charge is 2.23. The molecular weight excluding hydrogens is 216 g/mol. The van der Waals surface area contributed by atoms with Gasteiger partial charge < -0.3 is 0 Å². The average Bonchev–Trinajstić information content (AvgIpc) is 1.88. The molecule has 0 aromatic rings. The summed E-state index contributed by atoms with van der Waals surface area (Å²) >= 11 is 2.71. The van der Waals surface area contributed by atoms with E-state index in [-0.39, 0.29) is 5.25 Å². The second kappa shape index (κ2) is 3.22. The summed E-state index contributed by atoms with van der Waals surface area (Å²) in [4.78, 5) is 0. The molecule has 0 radical (unpaired) electrons. The second-order valence-electron chi connectivity index (χ2n) is 2.74. The summed E-state index contributed by atoms with van der Waals surface area (Å²) in [5.41, 5.74) is 0. The first kappa shape index (κ1) is 8.53. The Morgan fingerprint density at radius 2 is 1.60 bits per heavy atom. The first-order chi connectivity index (χ1) is 4.61. The standard InChI is InChI=1S/C6H11BrO2S/c7-10(8,9)6-4-2-1-3-5-6/h6H,1-5H2. The Morgan fingerprint density at radius 3 is 1.90 bits per heavy atom. The molecule has 0 heterocycles. The monoisotopic (exact) mass is 226 g/mol. The minimum Gasteiger partial charge on any atom is -0.217 e. The fourth-order valence-electron chi connectivity index (χ4n) is 1.35. The Bertz CT molecular complexity index is 192. The summed E-state index contributed by atoms with van der Waals surface area (Å²) in [6, 6.07) is 0. The molecule has 1 saturated carbocycles. The third-order valence-electron chi connectivity index (χ3n) is 1.95. The van der Waals surface area contributed by atoms with E-state index in [2.05, 4.69) is 14.8 Å². The van der Waals surface area contributed by atoms with Crippen LogP contribution in [-0.4, -0.2) is 13.7 Å². The van der Waals surface area contributed by atoms with E-state index in [0.29, 0.717) is 0 Å². The molecule has 0 spiro atoms. The van der Waals surface area contributed by atoms with Crippen LogP contribution in [-0.2, 0) is 8.27 Å². The van der Waals surface area contributed by atoms with E-state index in [4.69, 9.17) is 0 Å². The van der Waals surface area contributed by atoms with Gasteiger partial charge in [0.25, 0.3) is 0 Å². The lowest BCUT2D eigenvalue weighted by atomic mass is 10.0. The van der Waals surface area contributed by atoms with E-state index in [1.165, 1.54) is 6.42 Å². The lowest BCUT2D eigenvalue weighted by molar-refractivity contribution is 0.491. The molecule has 0 aromatic heterocycles. The molecule has 0 unspecified atom stereocenters. The van der Waals surface area contributed by atoms with Crippen molar-refractivity contribution in [2.24, 2.45) is 0 Å². The minimum atomic E-state index is -2.91. The van der Waals surface area contributed by atoms with Crippen molar-refractivity contribution in [3.63, 3.8) is 0 Å². The first-order valence-electron chi connectivity index (χ1n) is 3.54. The molecule has 0 N–H and O–H groups in total. The van der Waals surface area contributed by atoms with Crippen molar-refractivity contribution in [3.8, 4) is 0 Å². The molecule has 1 aliphatic rings. The molecule has 1 rings (SSSR count). The third kappa shape index (κ3) is 2.23. The normalized spacial score (nSPS) is 22.9. The molecule has 0 bridgehead atoms. The topological polar surface area (TPSA) is 34.1 Å². The van der Waals surface area contributed by atoms with Crippen LogP contribution in [0.5, 0.6) is 0 Å². The van der Waals surface area contributed by atoms with E-state index in [9.17, 15) is 8.42 Å². The predicted octanol–water partition coefficient (Wildman–Crippen LogP) is 2.04. The third-order valence-corrected chi connectivity index (χ3v) is 4.80. The zero-order valence-electron chi connectivity index (χ0n) is 5.72. The van der Waals surface area contributed by atoms with Gasteiger partial charge in [0.15, 0.2) is 0 Å². The van der Waals surface area contributed by atoms with Gasteiger partial charge in [0.05, 0.1) is 20.1 Å². The highest BCUT2D eigenvalue weighted by molar-refractivity contribution is 9.47. The Labute approximate surface area is 69.1 Å². The second-order valence-corrected chi connectivity index (χ2v) is 7.06. The zero-order valence-corrected chi connectivity index (χ0v) is 8.12. The molecule has 1 fully saturated rings. The van der Waals surface area contributed by atoms with Crippen molar-refractivity contribution < 1.29 is 8.42 Å². The van der Waals surface area contributed by atoms with Gasteiger partial charge in [0, 0.05) is 0 Å². The van der Waals surface area contributed by atoms with Crippen LogP contribution >= 0.6 is 14.8 Å². The van der Waals surface area contributed by atoms with Crippen LogP contribution in [0.4, 0.5) is 0 Å². The fraction of sp³-hybridized carbons (Fsp3) is 1.00. The minimum absolute atomic E-state index is 0.110. The molecule has 0 aliphatic heterocycles. The maximum atomic E-state index is 10.9. The van der Waals surface area contributed by atoms with Crippen molar-refractivity contribution in [2.75, 3.05) is 0 Å². The van der Waals surface area contributed by atoms with Crippen molar-refractivity contribution in [3.05, 3.63) is 0 Å². The SMILES string of the molecule is O=S(=O)(Br)C1CCCCC1.